The molecule has 1 aromatic heterocycles. The maximum Gasteiger partial charge on any atom is 0.230 e. The number of aromatic nitrogens is 3. The second kappa shape index (κ2) is 9.47. The summed E-state index contributed by atoms with van der Waals surface area (Å²) >= 11 is 1.24. The van der Waals surface area contributed by atoms with Gasteiger partial charge in [0.1, 0.15) is 12.4 Å². The van der Waals surface area contributed by atoms with Crippen LogP contribution in [-0.4, -0.2) is 26.5 Å². The summed E-state index contributed by atoms with van der Waals surface area (Å²) in [7, 11) is 0. The van der Waals surface area contributed by atoms with E-state index in [0.717, 1.165) is 16.9 Å². The van der Waals surface area contributed by atoms with E-state index in [1.54, 1.807) is 0 Å². The Balaban J connectivity index is 1.52. The Morgan fingerprint density at radius 1 is 1.21 bits per heavy atom. The van der Waals surface area contributed by atoms with Gasteiger partial charge in [0.2, 0.25) is 11.1 Å². The number of aryl methyl sites for hydroxylation is 2. The summed E-state index contributed by atoms with van der Waals surface area (Å²) < 4.78 is 7.17. The van der Waals surface area contributed by atoms with Gasteiger partial charge in [0.05, 0.1) is 11.8 Å². The van der Waals surface area contributed by atoms with E-state index in [4.69, 9.17) is 10.6 Å². The van der Waals surface area contributed by atoms with Crippen LogP contribution < -0.4 is 15.9 Å². The average Bonchev–Trinajstić information content (AvgIpc) is 3.06. The molecule has 152 valence electrons. The summed E-state index contributed by atoms with van der Waals surface area (Å²) in [6.45, 7) is 6.18. The highest BCUT2D eigenvalue weighted by atomic mass is 32.2. The number of carbonyl (C=O) groups excluding carboxylic acids is 1. The van der Waals surface area contributed by atoms with Crippen LogP contribution in [0.5, 0.6) is 5.75 Å². The third kappa shape index (κ3) is 5.51. The Hall–Kier alpha value is -3.00. The number of nitrogen functional groups attached to an aromatic ring is 1. The van der Waals surface area contributed by atoms with Crippen molar-refractivity contribution in [3.05, 3.63) is 71.0 Å². The molecule has 2 aromatic carbocycles. The van der Waals surface area contributed by atoms with Crippen LogP contribution in [0.2, 0.25) is 0 Å². The third-order valence-electron chi connectivity index (χ3n) is 4.43. The average molecular weight is 412 g/mol. The van der Waals surface area contributed by atoms with E-state index in [0.29, 0.717) is 11.0 Å². The molecule has 29 heavy (non-hydrogen) atoms. The summed E-state index contributed by atoms with van der Waals surface area (Å²) in [5.41, 5.74) is 3.28. The standard InChI is InChI=1S/C21H25N5O2S/c1-14-9-10-18(15(2)11-14)28-12-19-24-25-21(26(19)22)29-13-20(27)23-16(3)17-7-5-4-6-8-17/h4-11,16H,12-13,22H2,1-3H3,(H,23,27)/t16-/m1/s1. The number of nitrogens with two attached hydrogens (primary N) is 1. The fraction of sp³-hybridized carbons (Fsp3) is 0.286. The van der Waals surface area contributed by atoms with E-state index in [1.807, 2.05) is 63.2 Å². The lowest BCUT2D eigenvalue weighted by atomic mass is 10.1. The lowest BCUT2D eigenvalue weighted by Crippen LogP contribution is -2.28. The molecule has 0 bridgehead atoms. The van der Waals surface area contributed by atoms with Crippen LogP contribution in [0, 0.1) is 13.8 Å². The maximum atomic E-state index is 12.2. The van der Waals surface area contributed by atoms with E-state index >= 15 is 0 Å². The highest BCUT2D eigenvalue weighted by Crippen LogP contribution is 2.21. The Morgan fingerprint density at radius 2 is 1.97 bits per heavy atom. The monoisotopic (exact) mass is 411 g/mol. The lowest BCUT2D eigenvalue weighted by molar-refractivity contribution is -0.119. The van der Waals surface area contributed by atoms with Gasteiger partial charge < -0.3 is 15.9 Å². The van der Waals surface area contributed by atoms with Gasteiger partial charge in [0, 0.05) is 0 Å². The lowest BCUT2D eigenvalue weighted by Gasteiger charge is -2.14. The number of carbonyl (C=O) groups is 1. The van der Waals surface area contributed by atoms with Crippen LogP contribution in [0.1, 0.15) is 35.5 Å². The quantitative estimate of drug-likeness (QED) is 0.437. The van der Waals surface area contributed by atoms with Gasteiger partial charge in [-0.05, 0) is 38.0 Å². The first-order chi connectivity index (χ1) is 13.9. The first-order valence-electron chi connectivity index (χ1n) is 9.30. The van der Waals surface area contributed by atoms with Crippen molar-refractivity contribution >= 4 is 17.7 Å². The van der Waals surface area contributed by atoms with Gasteiger partial charge in [-0.25, -0.2) is 4.68 Å². The molecule has 0 aliphatic heterocycles. The van der Waals surface area contributed by atoms with E-state index in [2.05, 4.69) is 21.6 Å². The van der Waals surface area contributed by atoms with Crippen LogP contribution in [0.25, 0.3) is 0 Å². The zero-order valence-corrected chi connectivity index (χ0v) is 17.6. The predicted octanol–water partition coefficient (Wildman–Crippen LogP) is 3.16. The first-order valence-corrected chi connectivity index (χ1v) is 10.3. The molecule has 0 radical (unpaired) electrons. The van der Waals surface area contributed by atoms with Crippen LogP contribution in [0.3, 0.4) is 0 Å². The fourth-order valence-electron chi connectivity index (χ4n) is 2.85. The summed E-state index contributed by atoms with van der Waals surface area (Å²) in [5.74, 6) is 7.44. The van der Waals surface area contributed by atoms with Crippen LogP contribution >= 0.6 is 11.8 Å². The molecule has 1 atom stereocenters. The molecule has 3 rings (SSSR count). The van der Waals surface area contributed by atoms with Crippen molar-refractivity contribution in [2.24, 2.45) is 0 Å². The molecular formula is C21H25N5O2S. The van der Waals surface area contributed by atoms with Crippen molar-refractivity contribution in [2.45, 2.75) is 38.6 Å². The van der Waals surface area contributed by atoms with Gasteiger partial charge in [-0.2, -0.15) is 0 Å². The molecule has 0 spiro atoms. The molecule has 3 aromatic rings. The molecule has 0 aliphatic rings. The number of hydrogen-bond acceptors (Lipinski definition) is 6. The van der Waals surface area contributed by atoms with Crippen LogP contribution in [0.15, 0.2) is 53.7 Å². The summed E-state index contributed by atoms with van der Waals surface area (Å²) in [5, 5.41) is 11.6. The van der Waals surface area contributed by atoms with Crippen molar-refractivity contribution in [3.63, 3.8) is 0 Å². The minimum atomic E-state index is -0.0950. The minimum Gasteiger partial charge on any atom is -0.485 e. The highest BCUT2D eigenvalue weighted by Gasteiger charge is 2.15. The van der Waals surface area contributed by atoms with E-state index in [-0.39, 0.29) is 24.3 Å². The molecule has 0 aliphatic carbocycles. The van der Waals surface area contributed by atoms with Gasteiger partial charge in [-0.3, -0.25) is 4.79 Å². The second-order valence-corrected chi connectivity index (χ2v) is 7.76. The van der Waals surface area contributed by atoms with Crippen molar-refractivity contribution in [1.29, 1.82) is 0 Å². The molecule has 0 saturated carbocycles. The topological polar surface area (TPSA) is 95.1 Å². The first kappa shape index (κ1) is 20.7. The molecule has 1 amide bonds. The number of nitrogens with one attached hydrogen (secondary N) is 1. The Kier molecular flexibility index (Phi) is 6.77. The Labute approximate surface area is 174 Å². The SMILES string of the molecule is Cc1ccc(OCc2nnc(SCC(=O)N[C@H](C)c3ccccc3)n2N)c(C)c1. The molecule has 7 nitrogen and oxygen atoms in total. The molecular weight excluding hydrogens is 386 g/mol. The van der Waals surface area contributed by atoms with E-state index < -0.39 is 0 Å². The number of hydrogen-bond donors (Lipinski definition) is 2. The number of rotatable bonds is 8. The van der Waals surface area contributed by atoms with Gasteiger partial charge in [-0.1, -0.05) is 59.8 Å². The van der Waals surface area contributed by atoms with Crippen LogP contribution in [0.4, 0.5) is 0 Å². The number of thioether (sulfide) groups is 1. The smallest absolute Gasteiger partial charge is 0.230 e. The highest BCUT2D eigenvalue weighted by molar-refractivity contribution is 7.99. The molecule has 1 heterocycles. The molecule has 3 N–H and O–H groups in total. The number of benzene rings is 2. The van der Waals surface area contributed by atoms with E-state index in [9.17, 15) is 4.79 Å². The van der Waals surface area contributed by atoms with Crippen molar-refractivity contribution in [1.82, 2.24) is 20.2 Å². The normalized spacial score (nSPS) is 11.8. The third-order valence-corrected chi connectivity index (χ3v) is 5.37. The van der Waals surface area contributed by atoms with Gasteiger partial charge in [0.25, 0.3) is 0 Å². The number of ether oxygens (including phenoxy) is 1. The van der Waals surface area contributed by atoms with Crippen LogP contribution in [-0.2, 0) is 11.4 Å². The minimum absolute atomic E-state index is 0.0678. The fourth-order valence-corrected chi connectivity index (χ4v) is 3.53. The maximum absolute atomic E-state index is 12.2. The predicted molar refractivity (Wildman–Crippen MR) is 114 cm³/mol. The molecule has 0 fully saturated rings. The molecule has 8 heteroatoms. The number of nitrogens with zero attached hydrogens (tertiary/aromatic N) is 3. The molecule has 0 unspecified atom stereocenters. The van der Waals surface area contributed by atoms with Gasteiger partial charge in [-0.15, -0.1) is 10.2 Å². The Morgan fingerprint density at radius 3 is 2.69 bits per heavy atom. The zero-order chi connectivity index (χ0) is 20.8. The van der Waals surface area contributed by atoms with Crippen molar-refractivity contribution < 1.29 is 9.53 Å². The summed E-state index contributed by atoms with van der Waals surface area (Å²) in [6.07, 6.45) is 0. The van der Waals surface area contributed by atoms with Gasteiger partial charge >= 0.3 is 0 Å². The summed E-state index contributed by atoms with van der Waals surface area (Å²) in [4.78, 5) is 12.2. The molecule has 0 saturated heterocycles. The zero-order valence-electron chi connectivity index (χ0n) is 16.8. The Bertz CT molecular complexity index is 974. The second-order valence-electron chi connectivity index (χ2n) is 6.81. The van der Waals surface area contributed by atoms with Gasteiger partial charge in [0.15, 0.2) is 5.82 Å². The van der Waals surface area contributed by atoms with Crippen molar-refractivity contribution in [2.75, 3.05) is 11.6 Å². The number of amides is 1. The van der Waals surface area contributed by atoms with E-state index in [1.165, 1.54) is 22.0 Å². The largest absolute Gasteiger partial charge is 0.485 e. The van der Waals surface area contributed by atoms with Crippen molar-refractivity contribution in [3.8, 4) is 5.75 Å². The summed E-state index contributed by atoms with van der Waals surface area (Å²) in [6, 6.07) is 15.7.